The fourth-order valence-corrected chi connectivity index (χ4v) is 4.46. The van der Waals surface area contributed by atoms with Crippen LogP contribution in [0.2, 0.25) is 0 Å². The molecule has 2 saturated carbocycles. The average Bonchev–Trinajstić information content (AvgIpc) is 3.26. The minimum absolute atomic E-state index is 0.123. The Morgan fingerprint density at radius 2 is 2.04 bits per heavy atom. The minimum Gasteiger partial charge on any atom is -0.395 e. The van der Waals surface area contributed by atoms with Crippen molar-refractivity contribution >= 4 is 11.6 Å². The van der Waals surface area contributed by atoms with E-state index < -0.39 is 0 Å². The molecule has 3 aliphatic rings. The number of nitrogens with zero attached hydrogens (tertiary/aromatic N) is 3. The number of likely N-dealkylation sites (tertiary alicyclic amines) is 1. The third-order valence-corrected chi connectivity index (χ3v) is 6.13. The molecule has 3 fully saturated rings. The number of nitrogens with one attached hydrogen (secondary N) is 1. The largest absolute Gasteiger partial charge is 0.395 e. The molecule has 1 amide bonds. The van der Waals surface area contributed by atoms with Crippen molar-refractivity contribution in [3.05, 3.63) is 12.4 Å². The van der Waals surface area contributed by atoms with Crippen LogP contribution >= 0.6 is 0 Å². The third-order valence-electron chi connectivity index (χ3n) is 6.13. The van der Waals surface area contributed by atoms with Gasteiger partial charge in [-0.2, -0.15) is 5.10 Å². The summed E-state index contributed by atoms with van der Waals surface area (Å²) in [6.45, 7) is 2.27. The van der Waals surface area contributed by atoms with Crippen molar-refractivity contribution in [2.45, 2.75) is 63.5 Å². The molecular weight excluding hydrogens is 316 g/mol. The first kappa shape index (κ1) is 17.0. The summed E-state index contributed by atoms with van der Waals surface area (Å²) in [5, 5.41) is 17.2. The van der Waals surface area contributed by atoms with Crippen LogP contribution in [0.3, 0.4) is 0 Å². The van der Waals surface area contributed by atoms with Crippen LogP contribution in [0, 0.1) is 11.8 Å². The van der Waals surface area contributed by atoms with Gasteiger partial charge in [0.25, 0.3) is 0 Å². The lowest BCUT2D eigenvalue weighted by molar-refractivity contribution is -0.117. The van der Waals surface area contributed by atoms with Crippen molar-refractivity contribution in [1.82, 2.24) is 14.7 Å². The standard InChI is InChI=1S/C19H30N4O2/c24-13-18-8-17(12-22(18)10-14-4-2-1-3-5-14)23-11-16(9-20-23)21-19(25)15-6-7-15/h9,11,14-15,17-18,24H,1-8,10,12-13H2,(H,21,25)/t17-,18-/m0/s1. The summed E-state index contributed by atoms with van der Waals surface area (Å²) in [5.41, 5.74) is 0.795. The van der Waals surface area contributed by atoms with Gasteiger partial charge in [-0.3, -0.25) is 14.4 Å². The van der Waals surface area contributed by atoms with E-state index in [-0.39, 0.29) is 30.5 Å². The van der Waals surface area contributed by atoms with Crippen LogP contribution in [-0.4, -0.2) is 51.4 Å². The van der Waals surface area contributed by atoms with Gasteiger partial charge in [-0.05, 0) is 38.0 Å². The molecule has 4 rings (SSSR count). The number of anilines is 1. The SMILES string of the molecule is O=C(Nc1cnn([C@H]2C[C@@H](CO)N(CC3CCCCC3)C2)c1)C1CC1. The second kappa shape index (κ2) is 7.46. The van der Waals surface area contributed by atoms with Crippen LogP contribution < -0.4 is 5.32 Å². The number of hydrogen-bond acceptors (Lipinski definition) is 4. The molecule has 2 atom stereocenters. The second-order valence-electron chi connectivity index (χ2n) is 8.16. The van der Waals surface area contributed by atoms with Gasteiger partial charge in [0.05, 0.1) is 24.5 Å². The van der Waals surface area contributed by atoms with Crippen LogP contribution in [0.25, 0.3) is 0 Å². The van der Waals surface area contributed by atoms with E-state index >= 15 is 0 Å². The first-order valence-corrected chi connectivity index (χ1v) is 9.93. The second-order valence-corrected chi connectivity index (χ2v) is 8.16. The maximum Gasteiger partial charge on any atom is 0.227 e. The molecule has 0 unspecified atom stereocenters. The quantitative estimate of drug-likeness (QED) is 0.830. The number of carbonyl (C=O) groups is 1. The van der Waals surface area contributed by atoms with Gasteiger partial charge in [-0.15, -0.1) is 0 Å². The molecule has 0 spiro atoms. The van der Waals surface area contributed by atoms with Crippen LogP contribution in [0.5, 0.6) is 0 Å². The highest BCUT2D eigenvalue weighted by Gasteiger charge is 2.35. The Morgan fingerprint density at radius 1 is 1.24 bits per heavy atom. The Balaban J connectivity index is 1.35. The molecule has 1 aromatic rings. The van der Waals surface area contributed by atoms with Crippen LogP contribution in [0.1, 0.15) is 57.4 Å². The number of rotatable bonds is 6. The van der Waals surface area contributed by atoms with Crippen molar-refractivity contribution < 1.29 is 9.90 Å². The predicted octanol–water partition coefficient (Wildman–Crippen LogP) is 2.42. The fourth-order valence-electron chi connectivity index (χ4n) is 4.46. The van der Waals surface area contributed by atoms with E-state index in [1.165, 1.54) is 32.1 Å². The topological polar surface area (TPSA) is 70.4 Å². The van der Waals surface area contributed by atoms with E-state index in [4.69, 9.17) is 0 Å². The summed E-state index contributed by atoms with van der Waals surface area (Å²) in [6.07, 6.45) is 13.4. The van der Waals surface area contributed by atoms with E-state index in [1.54, 1.807) is 6.20 Å². The maximum absolute atomic E-state index is 11.9. The van der Waals surface area contributed by atoms with Crippen molar-refractivity contribution in [2.24, 2.45) is 11.8 Å². The van der Waals surface area contributed by atoms with E-state index in [9.17, 15) is 9.90 Å². The Hall–Kier alpha value is -1.40. The van der Waals surface area contributed by atoms with Crippen molar-refractivity contribution in [1.29, 1.82) is 0 Å². The molecule has 1 saturated heterocycles. The molecule has 0 aromatic carbocycles. The number of hydrogen-bond donors (Lipinski definition) is 2. The van der Waals surface area contributed by atoms with Crippen molar-refractivity contribution in [3.63, 3.8) is 0 Å². The Kier molecular flexibility index (Phi) is 5.08. The highest BCUT2D eigenvalue weighted by molar-refractivity contribution is 5.93. The molecule has 6 heteroatoms. The molecule has 1 aliphatic heterocycles. The highest BCUT2D eigenvalue weighted by atomic mass is 16.3. The first-order valence-electron chi connectivity index (χ1n) is 9.93. The lowest BCUT2D eigenvalue weighted by Crippen LogP contribution is -2.36. The number of carbonyl (C=O) groups excluding carboxylic acids is 1. The van der Waals surface area contributed by atoms with Gasteiger partial charge in [-0.1, -0.05) is 19.3 Å². The number of amides is 1. The van der Waals surface area contributed by atoms with Crippen molar-refractivity contribution in [3.8, 4) is 0 Å². The molecule has 2 heterocycles. The van der Waals surface area contributed by atoms with Gasteiger partial charge >= 0.3 is 0 Å². The molecule has 1 aromatic heterocycles. The summed E-state index contributed by atoms with van der Waals surface area (Å²) in [5.74, 6) is 1.12. The average molecular weight is 346 g/mol. The molecule has 0 bridgehead atoms. The zero-order valence-electron chi connectivity index (χ0n) is 14.9. The molecule has 0 radical (unpaired) electrons. The summed E-state index contributed by atoms with van der Waals surface area (Å²) in [7, 11) is 0. The normalized spacial score (nSPS) is 28.4. The summed E-state index contributed by atoms with van der Waals surface area (Å²) in [6, 6.07) is 0.521. The number of aromatic nitrogens is 2. The van der Waals surface area contributed by atoms with Crippen LogP contribution in [0.15, 0.2) is 12.4 Å². The molecule has 2 aliphatic carbocycles. The van der Waals surface area contributed by atoms with Gasteiger partial charge in [0.2, 0.25) is 5.91 Å². The van der Waals surface area contributed by atoms with E-state index in [0.29, 0.717) is 0 Å². The molecule has 2 N–H and O–H groups in total. The summed E-state index contributed by atoms with van der Waals surface area (Å²) >= 11 is 0. The van der Waals surface area contributed by atoms with Gasteiger partial charge in [0.1, 0.15) is 0 Å². The Morgan fingerprint density at radius 3 is 2.76 bits per heavy atom. The van der Waals surface area contributed by atoms with E-state index in [1.807, 2.05) is 10.9 Å². The lowest BCUT2D eigenvalue weighted by Gasteiger charge is -2.30. The van der Waals surface area contributed by atoms with Gasteiger partial charge < -0.3 is 10.4 Å². The molecular formula is C19H30N4O2. The maximum atomic E-state index is 11.9. The first-order chi connectivity index (χ1) is 12.2. The third kappa shape index (κ3) is 4.06. The Labute approximate surface area is 149 Å². The van der Waals surface area contributed by atoms with Gasteiger partial charge in [0.15, 0.2) is 0 Å². The van der Waals surface area contributed by atoms with Gasteiger partial charge in [0, 0.05) is 31.2 Å². The predicted molar refractivity (Wildman–Crippen MR) is 96.3 cm³/mol. The molecule has 138 valence electrons. The smallest absolute Gasteiger partial charge is 0.227 e. The number of aliphatic hydroxyl groups excluding tert-OH is 1. The van der Waals surface area contributed by atoms with Crippen LogP contribution in [0.4, 0.5) is 5.69 Å². The summed E-state index contributed by atoms with van der Waals surface area (Å²) < 4.78 is 1.98. The zero-order valence-corrected chi connectivity index (χ0v) is 14.9. The Bertz CT molecular complexity index is 592. The van der Waals surface area contributed by atoms with E-state index in [0.717, 1.165) is 44.0 Å². The minimum atomic E-state index is 0.123. The zero-order chi connectivity index (χ0) is 17.2. The lowest BCUT2D eigenvalue weighted by atomic mass is 9.89. The monoisotopic (exact) mass is 346 g/mol. The van der Waals surface area contributed by atoms with Crippen molar-refractivity contribution in [2.75, 3.05) is 25.0 Å². The fraction of sp³-hybridized carbons (Fsp3) is 0.789. The molecule has 25 heavy (non-hydrogen) atoms. The van der Waals surface area contributed by atoms with E-state index in [2.05, 4.69) is 15.3 Å². The van der Waals surface area contributed by atoms with Gasteiger partial charge in [-0.25, -0.2) is 0 Å². The summed E-state index contributed by atoms with van der Waals surface area (Å²) in [4.78, 5) is 14.4. The van der Waals surface area contributed by atoms with Crippen LogP contribution in [-0.2, 0) is 4.79 Å². The highest BCUT2D eigenvalue weighted by Crippen LogP contribution is 2.32. The number of aliphatic hydroxyl groups is 1. The molecule has 6 nitrogen and oxygen atoms in total.